The normalized spacial score (nSPS) is 5.65. The first kappa shape index (κ1) is 30.0. The van der Waals surface area contributed by atoms with Crippen LogP contribution in [0.4, 0.5) is 19.2 Å². The van der Waals surface area contributed by atoms with Gasteiger partial charge in [-0.15, -0.1) is 0 Å². The maximum atomic E-state index is 9.04. The van der Waals surface area contributed by atoms with E-state index in [4.69, 9.17) is 19.2 Å². The van der Waals surface area contributed by atoms with E-state index in [1.165, 1.54) is 0 Å². The SMILES string of the molecule is NC(=O)[S-].NC(=O)[S-].NC(=O)[S-].NC(=O)[S-].[W]. The van der Waals surface area contributed by atoms with E-state index in [0.717, 1.165) is 0 Å². The number of carbonyl (C=O) groups excluding carboxylic acids is 4. The standard InChI is InChI=1S/4CH3NOS.W/c4*2-1(3)4;/h4*(H3,2,3,4);/p-4. The van der Waals surface area contributed by atoms with Crippen molar-refractivity contribution < 1.29 is 40.2 Å². The summed E-state index contributed by atoms with van der Waals surface area (Å²) in [4.78, 5) is 36.1. The van der Waals surface area contributed by atoms with Crippen LogP contribution in [0.2, 0.25) is 0 Å². The first-order chi connectivity index (χ1) is 6.93. The van der Waals surface area contributed by atoms with Crippen molar-refractivity contribution in [3.8, 4) is 0 Å². The second-order valence-electron chi connectivity index (χ2n) is 1.28. The van der Waals surface area contributed by atoms with Crippen LogP contribution in [0.1, 0.15) is 0 Å². The monoisotopic (exact) mass is 488 g/mol. The van der Waals surface area contributed by atoms with E-state index in [1.807, 2.05) is 0 Å². The number of hydrogen-bond donors (Lipinski definition) is 4. The van der Waals surface area contributed by atoms with Crippen molar-refractivity contribution in [3.63, 3.8) is 0 Å². The molecule has 0 heterocycles. The van der Waals surface area contributed by atoms with Gasteiger partial charge in [0.1, 0.15) is 0 Å². The van der Waals surface area contributed by atoms with E-state index < -0.39 is 21.0 Å². The average Bonchev–Trinajstić information content (AvgIpc) is 1.76. The molecular formula is C4H8N4O4S4W-4. The molecule has 102 valence electrons. The Morgan fingerprint density at radius 2 is 0.529 bits per heavy atom. The molecule has 13 heteroatoms. The molecule has 0 aliphatic carbocycles. The van der Waals surface area contributed by atoms with E-state index in [-0.39, 0.29) is 21.1 Å². The number of nitrogens with two attached hydrogens (primary N) is 4. The molecule has 0 aliphatic heterocycles. The van der Waals surface area contributed by atoms with Crippen molar-refractivity contribution >= 4 is 71.5 Å². The summed E-state index contributed by atoms with van der Waals surface area (Å²) in [5.41, 5.74) is 17.1. The summed E-state index contributed by atoms with van der Waals surface area (Å²) in [6.07, 6.45) is 0. The quantitative estimate of drug-likeness (QED) is 0.297. The fraction of sp³-hybridized carbons (Fsp3) is 0. The van der Waals surface area contributed by atoms with Gasteiger partial charge >= 0.3 is 0 Å². The van der Waals surface area contributed by atoms with E-state index >= 15 is 0 Å². The molecule has 0 unspecified atom stereocenters. The van der Waals surface area contributed by atoms with Crippen LogP contribution in [0.3, 0.4) is 0 Å². The fourth-order valence-electron chi connectivity index (χ4n) is 0. The van der Waals surface area contributed by atoms with Crippen LogP contribution >= 0.6 is 0 Å². The molecule has 4 amide bonds. The zero-order valence-corrected chi connectivity index (χ0v) is 14.2. The maximum Gasteiger partial charge on any atom is 0.0954 e. The summed E-state index contributed by atoms with van der Waals surface area (Å²) in [6.45, 7) is 0. The third-order valence-electron chi connectivity index (χ3n) is 0. The van der Waals surface area contributed by atoms with Gasteiger partial charge in [-0.3, -0.25) is 0 Å². The van der Waals surface area contributed by atoms with Gasteiger partial charge in [-0.25, -0.2) is 0 Å². The van der Waals surface area contributed by atoms with Crippen LogP contribution in [0.15, 0.2) is 0 Å². The maximum absolute atomic E-state index is 9.04. The van der Waals surface area contributed by atoms with Gasteiger partial charge in [0.25, 0.3) is 0 Å². The van der Waals surface area contributed by atoms with Gasteiger partial charge in [0.2, 0.25) is 0 Å². The number of carbonyl (C=O) groups is 4. The van der Waals surface area contributed by atoms with Crippen molar-refractivity contribution in [1.82, 2.24) is 0 Å². The minimum atomic E-state index is -0.750. The Morgan fingerprint density at radius 3 is 0.529 bits per heavy atom. The Hall–Kier alpha value is -0.552. The molecule has 0 fully saturated rings. The molecule has 0 radical (unpaired) electrons. The molecule has 0 bridgehead atoms. The largest absolute Gasteiger partial charge is 0.719 e. The van der Waals surface area contributed by atoms with Crippen LogP contribution in [-0.2, 0) is 71.6 Å². The predicted molar refractivity (Wildman–Crippen MR) is 67.8 cm³/mol. The zero-order chi connectivity index (χ0) is 14.3. The molecule has 0 saturated carbocycles. The number of primary amides is 4. The van der Waals surface area contributed by atoms with Crippen molar-refractivity contribution in [3.05, 3.63) is 0 Å². The van der Waals surface area contributed by atoms with Gasteiger partial charge < -0.3 is 92.6 Å². The Balaban J connectivity index is -0.0000000369. The molecule has 0 aromatic rings. The summed E-state index contributed by atoms with van der Waals surface area (Å²) >= 11 is 15.0. The van der Waals surface area contributed by atoms with Gasteiger partial charge in [0.15, 0.2) is 0 Å². The molecule has 0 rings (SSSR count). The first-order valence-corrected chi connectivity index (χ1v) is 4.42. The molecule has 0 aliphatic rings. The second-order valence-corrected chi connectivity index (χ2v) is 2.89. The molecule has 0 saturated heterocycles. The average molecular weight is 488 g/mol. The van der Waals surface area contributed by atoms with Crippen LogP contribution < -0.4 is 22.9 Å². The van der Waals surface area contributed by atoms with E-state index in [0.29, 0.717) is 0 Å². The predicted octanol–water partition coefficient (Wildman–Crippen LogP) is -1.55. The third kappa shape index (κ3) is 9180. The molecule has 0 atom stereocenters. The molecule has 0 spiro atoms. The van der Waals surface area contributed by atoms with Gasteiger partial charge in [-0.2, -0.15) is 0 Å². The van der Waals surface area contributed by atoms with Gasteiger partial charge in [0, 0.05) is 21.1 Å². The minimum Gasteiger partial charge on any atom is -0.719 e. The smallest absolute Gasteiger partial charge is 0.0954 e. The Labute approximate surface area is 134 Å². The fourth-order valence-corrected chi connectivity index (χ4v) is 0. The van der Waals surface area contributed by atoms with Gasteiger partial charge in [-0.1, -0.05) is 0 Å². The van der Waals surface area contributed by atoms with Crippen LogP contribution in [0, 0.1) is 0 Å². The minimum absolute atomic E-state index is 0. The van der Waals surface area contributed by atoms with E-state index in [2.05, 4.69) is 73.4 Å². The molecule has 17 heavy (non-hydrogen) atoms. The van der Waals surface area contributed by atoms with Crippen LogP contribution in [-0.4, -0.2) is 21.0 Å². The summed E-state index contributed by atoms with van der Waals surface area (Å²) in [5, 5.41) is -3.00. The second kappa shape index (κ2) is 24.6. The number of hydrogen-bond acceptors (Lipinski definition) is 8. The van der Waals surface area contributed by atoms with Crippen molar-refractivity contribution in [2.45, 2.75) is 0 Å². The Bertz CT molecular complexity index is 178. The topological polar surface area (TPSA) is 172 Å². The summed E-state index contributed by atoms with van der Waals surface area (Å²) in [7, 11) is 0. The molecule has 8 N–H and O–H groups in total. The van der Waals surface area contributed by atoms with E-state index in [1.54, 1.807) is 0 Å². The summed E-state index contributed by atoms with van der Waals surface area (Å²) < 4.78 is 0. The third-order valence-corrected chi connectivity index (χ3v) is 0. The molecule has 0 aromatic carbocycles. The number of amides is 4. The number of rotatable bonds is 0. The first-order valence-electron chi connectivity index (χ1n) is 2.79. The molecule has 0 aromatic heterocycles. The molecular weight excluding hydrogens is 480 g/mol. The van der Waals surface area contributed by atoms with Crippen molar-refractivity contribution in [2.75, 3.05) is 0 Å². The van der Waals surface area contributed by atoms with Crippen LogP contribution in [0.5, 0.6) is 0 Å². The van der Waals surface area contributed by atoms with Gasteiger partial charge in [0.05, 0.1) is 21.0 Å². The summed E-state index contributed by atoms with van der Waals surface area (Å²) in [6, 6.07) is 0. The zero-order valence-electron chi connectivity index (χ0n) is 7.98. The van der Waals surface area contributed by atoms with E-state index in [9.17, 15) is 0 Å². The Kier molecular flexibility index (Phi) is 43.3. The summed E-state index contributed by atoms with van der Waals surface area (Å²) in [5.74, 6) is 0. The molecule has 8 nitrogen and oxygen atoms in total. The van der Waals surface area contributed by atoms with Crippen molar-refractivity contribution in [1.29, 1.82) is 0 Å². The van der Waals surface area contributed by atoms with Crippen molar-refractivity contribution in [2.24, 2.45) is 22.9 Å². The van der Waals surface area contributed by atoms with Gasteiger partial charge in [-0.05, 0) is 0 Å². The van der Waals surface area contributed by atoms with Crippen LogP contribution in [0.25, 0.3) is 0 Å². The Morgan fingerprint density at radius 1 is 0.529 bits per heavy atom.